The molecule has 2 aromatic rings. The van der Waals surface area contributed by atoms with Gasteiger partial charge in [-0.3, -0.25) is 4.98 Å². The van der Waals surface area contributed by atoms with Crippen LogP contribution in [0.5, 0.6) is 0 Å². The molecule has 0 bridgehead atoms. The number of alkyl halides is 3. The van der Waals surface area contributed by atoms with E-state index in [1.54, 1.807) is 12.1 Å². The van der Waals surface area contributed by atoms with Crippen molar-refractivity contribution < 1.29 is 17.9 Å². The Labute approximate surface area is 113 Å². The molecule has 0 saturated carbocycles. The molecule has 3 nitrogen and oxygen atoms in total. The standard InChI is InChI=1S/C14H13F3N2O/c15-14(16,17)12-7-19-6-10-5-9(1-2-11(10)12)13-8-18-3-4-20-13/h1-2,5-7,13,18H,3-4,8H2. The molecule has 1 aromatic carbocycles. The monoisotopic (exact) mass is 282 g/mol. The molecule has 1 aliphatic rings. The van der Waals surface area contributed by atoms with E-state index in [2.05, 4.69) is 10.3 Å². The van der Waals surface area contributed by atoms with Crippen LogP contribution in [0.15, 0.2) is 30.6 Å². The van der Waals surface area contributed by atoms with Crippen LogP contribution in [-0.2, 0) is 10.9 Å². The Bertz CT molecular complexity index is 621. The first-order valence-corrected chi connectivity index (χ1v) is 6.33. The Balaban J connectivity index is 2.04. The predicted molar refractivity (Wildman–Crippen MR) is 68.3 cm³/mol. The number of nitrogens with zero attached hydrogens (tertiary/aromatic N) is 1. The van der Waals surface area contributed by atoms with E-state index in [-0.39, 0.29) is 11.5 Å². The largest absolute Gasteiger partial charge is 0.418 e. The van der Waals surface area contributed by atoms with Gasteiger partial charge >= 0.3 is 6.18 Å². The van der Waals surface area contributed by atoms with Crippen LogP contribution in [0, 0.1) is 0 Å². The van der Waals surface area contributed by atoms with Gasteiger partial charge in [-0.1, -0.05) is 12.1 Å². The van der Waals surface area contributed by atoms with Gasteiger partial charge in [0.1, 0.15) is 0 Å². The summed E-state index contributed by atoms with van der Waals surface area (Å²) < 4.78 is 44.3. The molecule has 0 spiro atoms. The number of fused-ring (bicyclic) bond motifs is 1. The van der Waals surface area contributed by atoms with E-state index in [0.29, 0.717) is 18.5 Å². The number of halogens is 3. The molecule has 1 atom stereocenters. The lowest BCUT2D eigenvalue weighted by molar-refractivity contribution is -0.136. The number of pyridine rings is 1. The van der Waals surface area contributed by atoms with Crippen molar-refractivity contribution in [1.29, 1.82) is 0 Å². The van der Waals surface area contributed by atoms with Crippen molar-refractivity contribution in [2.45, 2.75) is 12.3 Å². The quantitative estimate of drug-likeness (QED) is 0.873. The van der Waals surface area contributed by atoms with Crippen molar-refractivity contribution in [3.05, 3.63) is 41.7 Å². The molecule has 1 N–H and O–H groups in total. The third-order valence-corrected chi connectivity index (χ3v) is 3.39. The van der Waals surface area contributed by atoms with Crippen molar-refractivity contribution in [3.8, 4) is 0 Å². The molecule has 6 heteroatoms. The third-order valence-electron chi connectivity index (χ3n) is 3.39. The lowest BCUT2D eigenvalue weighted by atomic mass is 10.0. The van der Waals surface area contributed by atoms with Gasteiger partial charge in [-0.15, -0.1) is 0 Å². The number of rotatable bonds is 1. The summed E-state index contributed by atoms with van der Waals surface area (Å²) in [5.74, 6) is 0. The van der Waals surface area contributed by atoms with Gasteiger partial charge in [-0.2, -0.15) is 13.2 Å². The normalized spacial score (nSPS) is 20.2. The summed E-state index contributed by atoms with van der Waals surface area (Å²) in [5.41, 5.74) is 0.162. The summed E-state index contributed by atoms with van der Waals surface area (Å²) in [4.78, 5) is 3.69. The lowest BCUT2D eigenvalue weighted by Crippen LogP contribution is -2.33. The summed E-state index contributed by atoms with van der Waals surface area (Å²) in [7, 11) is 0. The first-order valence-electron chi connectivity index (χ1n) is 6.33. The number of hydrogen-bond donors (Lipinski definition) is 1. The highest BCUT2D eigenvalue weighted by atomic mass is 19.4. The van der Waals surface area contributed by atoms with Gasteiger partial charge in [0.05, 0.1) is 18.3 Å². The summed E-state index contributed by atoms with van der Waals surface area (Å²) in [6.07, 6.45) is -2.20. The zero-order chi connectivity index (χ0) is 14.2. The van der Waals surface area contributed by atoms with Crippen LogP contribution in [0.2, 0.25) is 0 Å². The number of aromatic nitrogens is 1. The van der Waals surface area contributed by atoms with Crippen LogP contribution in [0.1, 0.15) is 17.2 Å². The fourth-order valence-electron chi connectivity index (χ4n) is 2.40. The summed E-state index contributed by atoms with van der Waals surface area (Å²) in [5, 5.41) is 3.84. The number of benzene rings is 1. The van der Waals surface area contributed by atoms with Crippen molar-refractivity contribution in [3.63, 3.8) is 0 Å². The molecule has 1 unspecified atom stereocenters. The maximum Gasteiger partial charge on any atom is 0.418 e. The highest BCUT2D eigenvalue weighted by Gasteiger charge is 2.33. The minimum atomic E-state index is -4.39. The minimum Gasteiger partial charge on any atom is -0.371 e. The fraction of sp³-hybridized carbons (Fsp3) is 0.357. The second-order valence-corrected chi connectivity index (χ2v) is 4.73. The molecular formula is C14H13F3N2O. The number of hydrogen-bond acceptors (Lipinski definition) is 3. The van der Waals surface area contributed by atoms with Gasteiger partial charge in [0.2, 0.25) is 0 Å². The van der Waals surface area contributed by atoms with Crippen LogP contribution >= 0.6 is 0 Å². The number of nitrogens with one attached hydrogen (secondary N) is 1. The van der Waals surface area contributed by atoms with Gasteiger partial charge in [0, 0.05) is 30.9 Å². The fourth-order valence-corrected chi connectivity index (χ4v) is 2.40. The summed E-state index contributed by atoms with van der Waals surface area (Å²) >= 11 is 0. The van der Waals surface area contributed by atoms with E-state index in [4.69, 9.17) is 4.74 Å². The Morgan fingerprint density at radius 1 is 1.25 bits per heavy atom. The Hall–Kier alpha value is -1.66. The molecule has 20 heavy (non-hydrogen) atoms. The molecule has 0 amide bonds. The SMILES string of the molecule is FC(F)(F)c1cncc2cc(C3CNCCO3)ccc12. The molecule has 0 aliphatic carbocycles. The average Bonchev–Trinajstić information content (AvgIpc) is 2.46. The van der Waals surface area contributed by atoms with E-state index in [1.807, 2.05) is 0 Å². The van der Waals surface area contributed by atoms with E-state index in [0.717, 1.165) is 18.3 Å². The smallest absolute Gasteiger partial charge is 0.371 e. The zero-order valence-corrected chi connectivity index (χ0v) is 10.6. The van der Waals surface area contributed by atoms with Crippen molar-refractivity contribution in [1.82, 2.24) is 10.3 Å². The molecule has 1 aromatic heterocycles. The van der Waals surface area contributed by atoms with Gasteiger partial charge in [0.25, 0.3) is 0 Å². The second-order valence-electron chi connectivity index (χ2n) is 4.73. The van der Waals surface area contributed by atoms with Gasteiger partial charge < -0.3 is 10.1 Å². The average molecular weight is 282 g/mol. The second kappa shape index (κ2) is 5.03. The molecule has 106 valence electrons. The Morgan fingerprint density at radius 2 is 2.10 bits per heavy atom. The maximum atomic E-state index is 12.9. The maximum absolute atomic E-state index is 12.9. The van der Waals surface area contributed by atoms with Crippen LogP contribution in [0.4, 0.5) is 13.2 Å². The molecule has 1 aliphatic heterocycles. The topological polar surface area (TPSA) is 34.2 Å². The Kier molecular flexibility index (Phi) is 3.35. The van der Waals surface area contributed by atoms with Crippen LogP contribution in [0.25, 0.3) is 10.8 Å². The van der Waals surface area contributed by atoms with Crippen molar-refractivity contribution in [2.75, 3.05) is 19.7 Å². The molecule has 0 radical (unpaired) electrons. The number of ether oxygens (including phenoxy) is 1. The highest BCUT2D eigenvalue weighted by Crippen LogP contribution is 2.35. The lowest BCUT2D eigenvalue weighted by Gasteiger charge is -2.24. The molecule has 1 fully saturated rings. The Morgan fingerprint density at radius 3 is 2.80 bits per heavy atom. The van der Waals surface area contributed by atoms with E-state index in [9.17, 15) is 13.2 Å². The van der Waals surface area contributed by atoms with Crippen molar-refractivity contribution in [2.24, 2.45) is 0 Å². The van der Waals surface area contributed by atoms with E-state index >= 15 is 0 Å². The first-order chi connectivity index (χ1) is 9.55. The van der Waals surface area contributed by atoms with Crippen LogP contribution in [0.3, 0.4) is 0 Å². The molecule has 3 rings (SSSR count). The summed E-state index contributed by atoms with van der Waals surface area (Å²) in [6, 6.07) is 4.90. The summed E-state index contributed by atoms with van der Waals surface area (Å²) in [6.45, 7) is 2.06. The molecule has 1 saturated heterocycles. The molecule has 2 heterocycles. The van der Waals surface area contributed by atoms with Crippen LogP contribution < -0.4 is 5.32 Å². The first kappa shape index (κ1) is 13.3. The van der Waals surface area contributed by atoms with Gasteiger partial charge in [-0.05, 0) is 17.0 Å². The van der Waals surface area contributed by atoms with Gasteiger partial charge in [0.15, 0.2) is 0 Å². The van der Waals surface area contributed by atoms with E-state index in [1.165, 1.54) is 12.3 Å². The number of morpholine rings is 1. The zero-order valence-electron chi connectivity index (χ0n) is 10.6. The predicted octanol–water partition coefficient (Wildman–Crippen LogP) is 2.91. The minimum absolute atomic E-state index is 0.123. The third kappa shape index (κ3) is 2.48. The highest BCUT2D eigenvalue weighted by molar-refractivity contribution is 5.85. The van der Waals surface area contributed by atoms with Crippen molar-refractivity contribution >= 4 is 10.8 Å². The van der Waals surface area contributed by atoms with Crippen LogP contribution in [-0.4, -0.2) is 24.7 Å². The molecular weight excluding hydrogens is 269 g/mol. The van der Waals surface area contributed by atoms with Gasteiger partial charge in [-0.25, -0.2) is 0 Å². The van der Waals surface area contributed by atoms with E-state index < -0.39 is 11.7 Å².